The van der Waals surface area contributed by atoms with Crippen LogP contribution in [0.3, 0.4) is 0 Å². The monoisotopic (exact) mass is 962 g/mol. The normalized spacial score (nSPS) is 11.8. The number of nitrogens with zero attached hydrogens (tertiary/aromatic N) is 8. The Morgan fingerprint density at radius 3 is 1.24 bits per heavy atom. The smallest absolute Gasteiger partial charge is 0.323 e. The van der Waals surface area contributed by atoms with Crippen LogP contribution in [0.25, 0.3) is 12.2 Å². The molecule has 0 aliphatic heterocycles. The first-order valence-electron chi connectivity index (χ1n) is 18.6. The number of carboxylic acid groups (broad SMARTS) is 2. The molecule has 2 aromatic heterocycles. The number of nitrogens with two attached hydrogens (primary N) is 2. The van der Waals surface area contributed by atoms with Crippen LogP contribution >= 0.6 is 0 Å². The van der Waals surface area contributed by atoms with Crippen molar-refractivity contribution in [1.82, 2.24) is 29.9 Å². The van der Waals surface area contributed by atoms with Crippen LogP contribution in [0.15, 0.2) is 106 Å². The van der Waals surface area contributed by atoms with Gasteiger partial charge in [0, 0.05) is 36.8 Å². The third kappa shape index (κ3) is 13.1. The van der Waals surface area contributed by atoms with E-state index in [9.17, 15) is 49.6 Å². The summed E-state index contributed by atoms with van der Waals surface area (Å²) in [5.41, 5.74) is 2.00. The number of hydrogen-bond donors (Lipinski definition) is 9. The van der Waals surface area contributed by atoms with Crippen LogP contribution in [0.5, 0.6) is 0 Å². The van der Waals surface area contributed by atoms with Crippen LogP contribution in [0.2, 0.25) is 0 Å². The van der Waals surface area contributed by atoms with Gasteiger partial charge in [-0.3, -0.25) is 14.1 Å². The highest BCUT2D eigenvalue weighted by Gasteiger charge is 2.19. The maximum atomic E-state index is 12.6. The van der Waals surface area contributed by atoms with Crippen LogP contribution in [-0.4, -0.2) is 109 Å². The van der Waals surface area contributed by atoms with Crippen LogP contribution in [0.4, 0.5) is 58.4 Å². The predicted octanol–water partition coefficient (Wildman–Crippen LogP) is 2.78. The van der Waals surface area contributed by atoms with Gasteiger partial charge in [0.05, 0.1) is 9.79 Å². The van der Waals surface area contributed by atoms with Gasteiger partial charge in [-0.05, 0) is 83.9 Å². The number of hydrogen-bond acceptors (Lipinski definition) is 20. The number of rotatable bonds is 19. The lowest BCUT2D eigenvalue weighted by molar-refractivity contribution is -0.136. The van der Waals surface area contributed by atoms with Crippen molar-refractivity contribution in [3.8, 4) is 0 Å². The standard InChI is InChI=1S/C38H38N14O11S3/c1-51(20-31(53)54)37-47-33(45-34(48-37)42-25-11-15-28(16-12-25)64(39,57)58)41-24-8-4-22(5-9-24)3-6-23-7-10-27(19-30(23)66(61,62)63)44-36-46-35(49-38(50-36)52(2)21-32(55)56)43-26-13-17-29(18-14-26)65(40,59)60/h3-19H,20-21H2,1-2H3,(H,53,54)(H,55,56)(H2,39,57,58)(H2,40,59,60)(H,61,62,63)(H2,41,42,45,47,48)(H2,43,44,46,49,50)/b6-3+. The van der Waals surface area contributed by atoms with Gasteiger partial charge in [0.2, 0.25) is 55.7 Å². The SMILES string of the molecule is CN(CC(=O)O)c1nc(Nc2ccc(/C=C/c3ccc(Nc4nc(Nc5ccc(S(N)(=O)=O)cc5)nc(N(C)CC(=O)O)n4)cc3S(=O)(=O)O)cc2)nc(Nc2ccc(S(N)(=O)=O)cc2)n1. The summed E-state index contributed by atoms with van der Waals surface area (Å²) in [7, 11) is -9.85. The molecule has 11 N–H and O–H groups in total. The van der Waals surface area contributed by atoms with E-state index in [1.807, 2.05) is 0 Å². The lowest BCUT2D eigenvalue weighted by atomic mass is 10.1. The molecule has 28 heteroatoms. The van der Waals surface area contributed by atoms with Gasteiger partial charge in [-0.15, -0.1) is 0 Å². The van der Waals surface area contributed by atoms with E-state index in [-0.39, 0.29) is 56.7 Å². The molecule has 6 aromatic rings. The molecular weight excluding hydrogens is 925 g/mol. The minimum absolute atomic E-state index is 0.00524. The fourth-order valence-corrected chi connectivity index (χ4v) is 7.39. The number of likely N-dealkylation sites (N-methyl/N-ethyl adjacent to an activating group) is 2. The fourth-order valence-electron chi connectivity index (χ4n) is 5.65. The Morgan fingerprint density at radius 1 is 0.545 bits per heavy atom. The van der Waals surface area contributed by atoms with Crippen molar-refractivity contribution in [2.24, 2.45) is 10.3 Å². The molecule has 0 spiro atoms. The number of carboxylic acids is 2. The second-order valence-corrected chi connectivity index (χ2v) is 18.4. The van der Waals surface area contributed by atoms with Crippen LogP contribution < -0.4 is 41.3 Å². The third-order valence-electron chi connectivity index (χ3n) is 8.72. The topological polar surface area (TPSA) is 381 Å². The second-order valence-electron chi connectivity index (χ2n) is 13.9. The van der Waals surface area contributed by atoms with Crippen molar-refractivity contribution < 1.29 is 49.6 Å². The predicted molar refractivity (Wildman–Crippen MR) is 242 cm³/mol. The molecule has 0 bridgehead atoms. The Balaban J connectivity index is 1.21. The average molecular weight is 963 g/mol. The summed E-state index contributed by atoms with van der Waals surface area (Å²) in [4.78, 5) is 50.3. The molecule has 0 amide bonds. The first-order valence-corrected chi connectivity index (χ1v) is 23.1. The molecule has 4 aromatic carbocycles. The highest BCUT2D eigenvalue weighted by atomic mass is 32.2. The Hall–Kier alpha value is -7.89. The van der Waals surface area contributed by atoms with Crippen LogP contribution in [0, 0.1) is 0 Å². The summed E-state index contributed by atoms with van der Waals surface area (Å²) in [6.45, 7) is -0.943. The quantitative estimate of drug-likeness (QED) is 0.0416. The summed E-state index contributed by atoms with van der Waals surface area (Å²) in [5.74, 6) is -2.70. The van der Waals surface area contributed by atoms with Crippen molar-refractivity contribution in [1.29, 1.82) is 0 Å². The van der Waals surface area contributed by atoms with Gasteiger partial charge >= 0.3 is 11.9 Å². The molecule has 0 radical (unpaired) electrons. The second kappa shape index (κ2) is 19.5. The van der Waals surface area contributed by atoms with E-state index in [1.54, 1.807) is 30.3 Å². The van der Waals surface area contributed by atoms with Gasteiger partial charge in [-0.25, -0.2) is 27.1 Å². The first-order chi connectivity index (χ1) is 31.0. The van der Waals surface area contributed by atoms with E-state index in [0.29, 0.717) is 22.6 Å². The van der Waals surface area contributed by atoms with Gasteiger partial charge < -0.3 is 41.3 Å². The Morgan fingerprint density at radius 2 is 0.894 bits per heavy atom. The highest BCUT2D eigenvalue weighted by Crippen LogP contribution is 2.27. The average Bonchev–Trinajstić information content (AvgIpc) is 3.22. The molecule has 0 atom stereocenters. The zero-order chi connectivity index (χ0) is 48.0. The molecule has 0 unspecified atom stereocenters. The zero-order valence-corrected chi connectivity index (χ0v) is 36.7. The Kier molecular flexibility index (Phi) is 14.0. The molecule has 2 heterocycles. The van der Waals surface area contributed by atoms with Gasteiger partial charge in [0.1, 0.15) is 18.0 Å². The summed E-state index contributed by atoms with van der Waals surface area (Å²) in [6.07, 6.45) is 3.03. The molecular formula is C38H38N14O11S3. The molecule has 0 saturated heterocycles. The number of sulfonamides is 2. The zero-order valence-electron chi connectivity index (χ0n) is 34.3. The van der Waals surface area contributed by atoms with E-state index in [0.717, 1.165) is 6.07 Å². The van der Waals surface area contributed by atoms with Crippen molar-refractivity contribution in [2.75, 3.05) is 58.3 Å². The molecule has 0 fully saturated rings. The van der Waals surface area contributed by atoms with Gasteiger partial charge in [-0.1, -0.05) is 30.4 Å². The summed E-state index contributed by atoms with van der Waals surface area (Å²) >= 11 is 0. The van der Waals surface area contributed by atoms with Gasteiger partial charge in [-0.2, -0.15) is 38.3 Å². The van der Waals surface area contributed by atoms with E-state index >= 15 is 0 Å². The largest absolute Gasteiger partial charge is 0.480 e. The Labute approximate surface area is 376 Å². The van der Waals surface area contributed by atoms with E-state index in [1.165, 1.54) is 90.6 Å². The van der Waals surface area contributed by atoms with Gasteiger partial charge in [0.25, 0.3) is 10.1 Å². The number of primary sulfonamides is 2. The Bertz CT molecular complexity index is 3160. The summed E-state index contributed by atoms with van der Waals surface area (Å²) in [6, 6.07) is 21.4. The third-order valence-corrected chi connectivity index (χ3v) is 11.5. The lowest BCUT2D eigenvalue weighted by Gasteiger charge is -2.17. The maximum Gasteiger partial charge on any atom is 0.323 e. The molecule has 0 aliphatic rings. The molecule has 66 heavy (non-hydrogen) atoms. The number of aromatic nitrogens is 6. The van der Waals surface area contributed by atoms with Crippen molar-refractivity contribution >= 4 is 113 Å². The highest BCUT2D eigenvalue weighted by molar-refractivity contribution is 7.89. The van der Waals surface area contributed by atoms with E-state index < -0.39 is 60.1 Å². The first kappa shape index (κ1) is 47.6. The number of carbonyl (C=O) groups is 2. The molecule has 0 saturated carbocycles. The minimum Gasteiger partial charge on any atom is -0.480 e. The van der Waals surface area contributed by atoms with Crippen molar-refractivity contribution in [3.63, 3.8) is 0 Å². The minimum atomic E-state index is -4.82. The molecule has 25 nitrogen and oxygen atoms in total. The van der Waals surface area contributed by atoms with Crippen molar-refractivity contribution in [2.45, 2.75) is 14.7 Å². The van der Waals surface area contributed by atoms with Crippen molar-refractivity contribution in [3.05, 3.63) is 102 Å². The van der Waals surface area contributed by atoms with E-state index in [2.05, 4.69) is 51.2 Å². The molecule has 6 rings (SSSR count). The number of nitrogens with one attached hydrogen (secondary N) is 4. The summed E-state index contributed by atoms with van der Waals surface area (Å²) in [5, 5.41) is 40.7. The van der Waals surface area contributed by atoms with Crippen LogP contribution in [-0.2, 0) is 39.8 Å². The maximum absolute atomic E-state index is 12.6. The molecule has 0 aliphatic carbocycles. The fraction of sp³-hybridized carbons (Fsp3) is 0.105. The number of aliphatic carboxylic acids is 2. The lowest BCUT2D eigenvalue weighted by Crippen LogP contribution is -2.27. The number of anilines is 10. The van der Waals surface area contributed by atoms with E-state index in [4.69, 9.17) is 10.3 Å². The van der Waals surface area contributed by atoms with Crippen LogP contribution in [0.1, 0.15) is 11.1 Å². The number of benzene rings is 4. The summed E-state index contributed by atoms with van der Waals surface area (Å²) < 4.78 is 82.2. The molecule has 344 valence electrons. The van der Waals surface area contributed by atoms with Gasteiger partial charge in [0.15, 0.2) is 0 Å².